The van der Waals surface area contributed by atoms with Crippen LogP contribution in [0.15, 0.2) is 59.5 Å². The minimum absolute atomic E-state index is 0.262. The highest BCUT2D eigenvalue weighted by molar-refractivity contribution is 7.98. The maximum Gasteiger partial charge on any atom is 0.319 e. The van der Waals surface area contributed by atoms with Crippen LogP contribution >= 0.6 is 11.8 Å². The fraction of sp³-hybridized carbons (Fsp3) is 0.235. The van der Waals surface area contributed by atoms with Gasteiger partial charge in [0.2, 0.25) is 0 Å². The van der Waals surface area contributed by atoms with E-state index in [1.54, 1.807) is 11.8 Å². The van der Waals surface area contributed by atoms with Gasteiger partial charge in [-0.15, -0.1) is 11.8 Å². The van der Waals surface area contributed by atoms with E-state index in [1.165, 1.54) is 0 Å². The largest absolute Gasteiger partial charge is 0.388 e. The van der Waals surface area contributed by atoms with Crippen LogP contribution in [0.5, 0.6) is 0 Å². The molecule has 22 heavy (non-hydrogen) atoms. The maximum absolute atomic E-state index is 11.9. The number of aliphatic hydroxyl groups is 1. The number of benzene rings is 2. The highest BCUT2D eigenvalue weighted by Crippen LogP contribution is 2.24. The predicted octanol–water partition coefficient (Wildman–Crippen LogP) is 3.65. The van der Waals surface area contributed by atoms with Crippen molar-refractivity contribution in [2.24, 2.45) is 0 Å². The molecule has 0 fully saturated rings. The van der Waals surface area contributed by atoms with Crippen molar-refractivity contribution in [2.45, 2.75) is 17.4 Å². The third-order valence-corrected chi connectivity index (χ3v) is 4.04. The van der Waals surface area contributed by atoms with E-state index in [1.807, 2.05) is 60.9 Å². The van der Waals surface area contributed by atoms with Gasteiger partial charge in [-0.05, 0) is 30.4 Å². The van der Waals surface area contributed by atoms with Crippen molar-refractivity contribution in [1.29, 1.82) is 0 Å². The molecule has 116 valence electrons. The zero-order chi connectivity index (χ0) is 15.8. The average molecular weight is 316 g/mol. The van der Waals surface area contributed by atoms with Crippen molar-refractivity contribution in [2.75, 3.05) is 18.1 Å². The molecule has 0 aliphatic heterocycles. The van der Waals surface area contributed by atoms with Crippen molar-refractivity contribution in [1.82, 2.24) is 5.32 Å². The first-order valence-corrected chi connectivity index (χ1v) is 8.34. The van der Waals surface area contributed by atoms with E-state index in [0.717, 1.165) is 16.1 Å². The molecule has 0 bridgehead atoms. The highest BCUT2D eigenvalue weighted by Gasteiger charge is 2.08. The minimum atomic E-state index is -0.569. The number of para-hydroxylation sites is 1. The molecule has 0 spiro atoms. The maximum atomic E-state index is 11.9. The van der Waals surface area contributed by atoms with Crippen LogP contribution in [0, 0.1) is 0 Å². The van der Waals surface area contributed by atoms with Gasteiger partial charge in [0, 0.05) is 11.4 Å². The fourth-order valence-electron chi connectivity index (χ4n) is 2.08. The molecular formula is C17H20N2O2S. The van der Waals surface area contributed by atoms with Crippen LogP contribution in [0.25, 0.3) is 0 Å². The number of hydrogen-bond donors (Lipinski definition) is 3. The van der Waals surface area contributed by atoms with Crippen LogP contribution in [-0.4, -0.2) is 23.9 Å². The van der Waals surface area contributed by atoms with Gasteiger partial charge in [-0.3, -0.25) is 0 Å². The monoisotopic (exact) mass is 316 g/mol. The summed E-state index contributed by atoms with van der Waals surface area (Å²) in [5.74, 6) is 0. The summed E-state index contributed by atoms with van der Waals surface area (Å²) in [5, 5.41) is 15.6. The highest BCUT2D eigenvalue weighted by atomic mass is 32.2. The lowest BCUT2D eigenvalue weighted by Crippen LogP contribution is -2.30. The van der Waals surface area contributed by atoms with E-state index < -0.39 is 6.10 Å². The van der Waals surface area contributed by atoms with Crippen LogP contribution in [-0.2, 0) is 0 Å². The molecule has 2 aromatic rings. The third-order valence-electron chi connectivity index (χ3n) is 3.24. The molecule has 4 nitrogen and oxygen atoms in total. The lowest BCUT2D eigenvalue weighted by atomic mass is 10.1. The standard InChI is InChI=1S/C17H20N2O2S/c1-22-16-10-6-5-9-14(16)19-17(21)18-12-11-15(20)13-7-3-2-4-8-13/h2-10,15,20H,11-12H2,1H3,(H2,18,19,21). The molecule has 0 aliphatic rings. The van der Waals surface area contributed by atoms with Crippen LogP contribution in [0.1, 0.15) is 18.1 Å². The number of hydrogen-bond acceptors (Lipinski definition) is 3. The van der Waals surface area contributed by atoms with Crippen molar-refractivity contribution >= 4 is 23.5 Å². The Morgan fingerprint density at radius 3 is 2.55 bits per heavy atom. The predicted molar refractivity (Wildman–Crippen MR) is 91.3 cm³/mol. The molecule has 5 heteroatoms. The first-order chi connectivity index (χ1) is 10.7. The SMILES string of the molecule is CSc1ccccc1NC(=O)NCCC(O)c1ccccc1. The van der Waals surface area contributed by atoms with Crippen molar-refractivity contribution < 1.29 is 9.90 Å². The number of thioether (sulfide) groups is 1. The van der Waals surface area contributed by atoms with Gasteiger partial charge in [-0.25, -0.2) is 4.79 Å². The molecule has 1 atom stereocenters. The molecule has 0 aliphatic carbocycles. The van der Waals surface area contributed by atoms with Crippen LogP contribution in [0.4, 0.5) is 10.5 Å². The quantitative estimate of drug-likeness (QED) is 0.713. The van der Waals surface area contributed by atoms with Gasteiger partial charge < -0.3 is 15.7 Å². The van der Waals surface area contributed by atoms with Crippen molar-refractivity contribution in [3.05, 3.63) is 60.2 Å². The summed E-state index contributed by atoms with van der Waals surface area (Å²) in [5.41, 5.74) is 1.65. The summed E-state index contributed by atoms with van der Waals surface area (Å²) in [6.45, 7) is 0.406. The van der Waals surface area contributed by atoms with Gasteiger partial charge in [0.1, 0.15) is 0 Å². The summed E-state index contributed by atoms with van der Waals surface area (Å²) in [6, 6.07) is 16.8. The van der Waals surface area contributed by atoms with E-state index in [9.17, 15) is 9.90 Å². The first-order valence-electron chi connectivity index (χ1n) is 7.11. The topological polar surface area (TPSA) is 61.4 Å². The Labute approximate surface area is 134 Å². The van der Waals surface area contributed by atoms with Gasteiger partial charge in [-0.1, -0.05) is 42.5 Å². The van der Waals surface area contributed by atoms with Gasteiger partial charge in [-0.2, -0.15) is 0 Å². The Kier molecular flexibility index (Phi) is 6.30. The van der Waals surface area contributed by atoms with Gasteiger partial charge in [0.25, 0.3) is 0 Å². The number of amides is 2. The molecule has 2 rings (SSSR count). The second kappa shape index (κ2) is 8.46. The average Bonchev–Trinajstić information content (AvgIpc) is 2.56. The lowest BCUT2D eigenvalue weighted by molar-refractivity contribution is 0.167. The zero-order valence-electron chi connectivity index (χ0n) is 12.5. The smallest absolute Gasteiger partial charge is 0.319 e. The number of urea groups is 1. The fourth-order valence-corrected chi connectivity index (χ4v) is 2.63. The van der Waals surface area contributed by atoms with Gasteiger partial charge >= 0.3 is 6.03 Å². The lowest BCUT2D eigenvalue weighted by Gasteiger charge is -2.13. The number of carbonyl (C=O) groups is 1. The Bertz CT molecular complexity index is 605. The van der Waals surface area contributed by atoms with Crippen LogP contribution in [0.2, 0.25) is 0 Å². The second-order valence-corrected chi connectivity index (χ2v) is 5.64. The molecule has 0 aromatic heterocycles. The normalized spacial score (nSPS) is 11.7. The van der Waals surface area contributed by atoms with Crippen molar-refractivity contribution in [3.63, 3.8) is 0 Å². The molecule has 0 saturated carbocycles. The van der Waals surface area contributed by atoms with E-state index in [0.29, 0.717) is 13.0 Å². The summed E-state index contributed by atoms with van der Waals surface area (Å²) in [7, 11) is 0. The molecule has 0 saturated heterocycles. The Morgan fingerprint density at radius 1 is 1.14 bits per heavy atom. The summed E-state index contributed by atoms with van der Waals surface area (Å²) < 4.78 is 0. The summed E-state index contributed by atoms with van der Waals surface area (Å²) in [6.07, 6.45) is 1.87. The summed E-state index contributed by atoms with van der Waals surface area (Å²) >= 11 is 1.58. The van der Waals surface area contributed by atoms with E-state index in [4.69, 9.17) is 0 Å². The van der Waals surface area contributed by atoms with Crippen molar-refractivity contribution in [3.8, 4) is 0 Å². The first kappa shape index (κ1) is 16.4. The number of anilines is 1. The molecule has 0 heterocycles. The number of carbonyl (C=O) groups excluding carboxylic acids is 1. The number of rotatable bonds is 6. The third kappa shape index (κ3) is 4.79. The van der Waals surface area contributed by atoms with Crippen LogP contribution in [0.3, 0.4) is 0 Å². The minimum Gasteiger partial charge on any atom is -0.388 e. The summed E-state index contributed by atoms with van der Waals surface area (Å²) in [4.78, 5) is 12.9. The molecule has 0 radical (unpaired) electrons. The van der Waals surface area contributed by atoms with Gasteiger partial charge in [0.05, 0.1) is 11.8 Å². The zero-order valence-corrected chi connectivity index (χ0v) is 13.3. The van der Waals surface area contributed by atoms with Gasteiger partial charge in [0.15, 0.2) is 0 Å². The van der Waals surface area contributed by atoms with E-state index in [2.05, 4.69) is 10.6 Å². The number of aliphatic hydroxyl groups excluding tert-OH is 1. The Hall–Kier alpha value is -1.98. The Morgan fingerprint density at radius 2 is 1.82 bits per heavy atom. The second-order valence-electron chi connectivity index (χ2n) is 4.80. The van der Waals surface area contributed by atoms with Crippen LogP contribution < -0.4 is 10.6 Å². The molecule has 2 amide bonds. The van der Waals surface area contributed by atoms with E-state index in [-0.39, 0.29) is 6.03 Å². The number of nitrogens with one attached hydrogen (secondary N) is 2. The molecule has 2 aromatic carbocycles. The van der Waals surface area contributed by atoms with E-state index >= 15 is 0 Å². The Balaban J connectivity index is 1.78. The molecule has 1 unspecified atom stereocenters. The molecule has 3 N–H and O–H groups in total. The molecular weight excluding hydrogens is 296 g/mol.